The van der Waals surface area contributed by atoms with Crippen molar-refractivity contribution in [3.8, 4) is 0 Å². The van der Waals surface area contributed by atoms with Gasteiger partial charge in [0, 0.05) is 31.5 Å². The van der Waals surface area contributed by atoms with Crippen molar-refractivity contribution in [1.82, 2.24) is 10.6 Å². The van der Waals surface area contributed by atoms with Crippen molar-refractivity contribution in [3.05, 3.63) is 0 Å². The number of carbonyl (C=O) groups is 1. The van der Waals surface area contributed by atoms with Crippen LogP contribution in [0.1, 0.15) is 20.3 Å². The highest BCUT2D eigenvalue weighted by molar-refractivity contribution is 5.79. The van der Waals surface area contributed by atoms with Gasteiger partial charge < -0.3 is 16.4 Å². The van der Waals surface area contributed by atoms with E-state index in [1.54, 1.807) is 0 Å². The second-order valence-electron chi connectivity index (χ2n) is 3.90. The molecule has 0 aromatic heterocycles. The molecular formula is C9H18N4O. The third-order valence-corrected chi connectivity index (χ3v) is 2.02. The Bertz CT molecular complexity index is 237. The van der Waals surface area contributed by atoms with Crippen LogP contribution in [0, 0.1) is 5.92 Å². The van der Waals surface area contributed by atoms with Crippen molar-refractivity contribution in [2.45, 2.75) is 26.3 Å². The van der Waals surface area contributed by atoms with Crippen molar-refractivity contribution in [3.63, 3.8) is 0 Å². The van der Waals surface area contributed by atoms with E-state index < -0.39 is 0 Å². The molecule has 1 amide bonds. The molecule has 1 heterocycles. The maximum atomic E-state index is 10.9. The number of rotatable bonds is 3. The average molecular weight is 198 g/mol. The van der Waals surface area contributed by atoms with E-state index in [0.717, 1.165) is 6.54 Å². The summed E-state index contributed by atoms with van der Waals surface area (Å²) in [6.07, 6.45) is 0.568. The zero-order valence-electron chi connectivity index (χ0n) is 8.71. The molecule has 4 N–H and O–H groups in total. The summed E-state index contributed by atoms with van der Waals surface area (Å²) in [4.78, 5) is 15.0. The van der Waals surface area contributed by atoms with Gasteiger partial charge in [-0.1, -0.05) is 0 Å². The van der Waals surface area contributed by atoms with Gasteiger partial charge in [-0.2, -0.15) is 0 Å². The van der Waals surface area contributed by atoms with Crippen LogP contribution in [0.4, 0.5) is 0 Å². The lowest BCUT2D eigenvalue weighted by Crippen LogP contribution is -2.37. The van der Waals surface area contributed by atoms with Gasteiger partial charge in [0.15, 0.2) is 5.96 Å². The van der Waals surface area contributed by atoms with E-state index in [1.165, 1.54) is 0 Å². The highest BCUT2D eigenvalue weighted by Crippen LogP contribution is 2.08. The number of nitrogens with one attached hydrogen (secondary N) is 2. The number of aliphatic imine (C=N–C) groups is 1. The topological polar surface area (TPSA) is 79.5 Å². The molecule has 1 aliphatic rings. The fraction of sp³-hybridized carbons (Fsp3) is 0.778. The van der Waals surface area contributed by atoms with E-state index in [1.807, 2.05) is 13.8 Å². The second kappa shape index (κ2) is 4.83. The lowest BCUT2D eigenvalue weighted by Gasteiger charge is -2.09. The predicted octanol–water partition coefficient (Wildman–Crippen LogP) is -0.565. The van der Waals surface area contributed by atoms with E-state index in [4.69, 9.17) is 5.73 Å². The van der Waals surface area contributed by atoms with Gasteiger partial charge in [0.1, 0.15) is 0 Å². The largest absolute Gasteiger partial charge is 0.370 e. The number of hydrogen-bond acceptors (Lipinski definition) is 2. The number of nitrogens with two attached hydrogens (primary N) is 1. The molecule has 0 aliphatic carbocycles. The predicted molar refractivity (Wildman–Crippen MR) is 55.9 cm³/mol. The molecule has 0 bridgehead atoms. The number of nitrogens with zero attached hydrogens (tertiary/aromatic N) is 1. The minimum Gasteiger partial charge on any atom is -0.370 e. The molecular weight excluding hydrogens is 180 g/mol. The Morgan fingerprint density at radius 1 is 1.79 bits per heavy atom. The molecule has 1 fully saturated rings. The van der Waals surface area contributed by atoms with Crippen LogP contribution in [0.15, 0.2) is 4.99 Å². The first-order valence-corrected chi connectivity index (χ1v) is 4.91. The van der Waals surface area contributed by atoms with Crippen molar-refractivity contribution in [2.75, 3.05) is 13.1 Å². The number of amides is 1. The van der Waals surface area contributed by atoms with Crippen LogP contribution < -0.4 is 16.4 Å². The Labute approximate surface area is 84.1 Å². The maximum absolute atomic E-state index is 10.9. The van der Waals surface area contributed by atoms with Gasteiger partial charge in [-0.25, -0.2) is 0 Å². The second-order valence-corrected chi connectivity index (χ2v) is 3.90. The quantitative estimate of drug-likeness (QED) is 0.420. The minimum atomic E-state index is 0.112. The molecule has 0 saturated carbocycles. The lowest BCUT2D eigenvalue weighted by molar-refractivity contribution is -0.119. The molecule has 0 aromatic rings. The first-order chi connectivity index (χ1) is 6.58. The fourth-order valence-corrected chi connectivity index (χ4v) is 1.36. The Morgan fingerprint density at radius 2 is 2.50 bits per heavy atom. The van der Waals surface area contributed by atoms with Crippen LogP contribution in [0.5, 0.6) is 0 Å². The normalized spacial score (nSPS) is 22.6. The summed E-state index contributed by atoms with van der Waals surface area (Å²) >= 11 is 0. The van der Waals surface area contributed by atoms with Crippen LogP contribution >= 0.6 is 0 Å². The molecule has 1 aliphatic heterocycles. The highest BCUT2D eigenvalue weighted by Gasteiger charge is 2.20. The van der Waals surface area contributed by atoms with Gasteiger partial charge in [0.2, 0.25) is 5.91 Å². The van der Waals surface area contributed by atoms with Crippen molar-refractivity contribution < 1.29 is 4.79 Å². The van der Waals surface area contributed by atoms with Gasteiger partial charge >= 0.3 is 0 Å². The summed E-state index contributed by atoms with van der Waals surface area (Å²) in [5.41, 5.74) is 5.62. The van der Waals surface area contributed by atoms with Gasteiger partial charge in [-0.05, 0) is 13.8 Å². The Hall–Kier alpha value is -1.26. The summed E-state index contributed by atoms with van der Waals surface area (Å²) in [6, 6.07) is 0.294. The SMILES string of the molecule is CC(C)NC(N)=NCC1CNC(=O)C1. The average Bonchev–Trinajstić information content (AvgIpc) is 2.47. The first kappa shape index (κ1) is 10.8. The lowest BCUT2D eigenvalue weighted by atomic mass is 10.1. The molecule has 0 spiro atoms. The van der Waals surface area contributed by atoms with Crippen molar-refractivity contribution >= 4 is 11.9 Å². The smallest absolute Gasteiger partial charge is 0.220 e. The summed E-state index contributed by atoms with van der Waals surface area (Å²) in [7, 11) is 0. The van der Waals surface area contributed by atoms with Crippen LogP contribution in [0.2, 0.25) is 0 Å². The fourth-order valence-electron chi connectivity index (χ4n) is 1.36. The summed E-state index contributed by atoms with van der Waals surface area (Å²) in [5, 5.41) is 5.76. The molecule has 14 heavy (non-hydrogen) atoms. The third-order valence-electron chi connectivity index (χ3n) is 2.02. The number of carbonyl (C=O) groups excluding carboxylic acids is 1. The van der Waals surface area contributed by atoms with Crippen molar-refractivity contribution in [2.24, 2.45) is 16.6 Å². The Morgan fingerprint density at radius 3 is 3.00 bits per heavy atom. The molecule has 1 saturated heterocycles. The third kappa shape index (κ3) is 3.64. The number of hydrogen-bond donors (Lipinski definition) is 3. The standard InChI is InChI=1S/C9H18N4O/c1-6(2)13-9(10)12-5-7-3-8(14)11-4-7/h6-7H,3-5H2,1-2H3,(H,11,14)(H3,10,12,13). The zero-order valence-corrected chi connectivity index (χ0v) is 8.71. The van der Waals surface area contributed by atoms with E-state index in [-0.39, 0.29) is 5.91 Å². The molecule has 0 radical (unpaired) electrons. The maximum Gasteiger partial charge on any atom is 0.220 e. The Kier molecular flexibility index (Phi) is 3.73. The van der Waals surface area contributed by atoms with Crippen LogP contribution in [-0.4, -0.2) is 31.0 Å². The Balaban J connectivity index is 2.27. The van der Waals surface area contributed by atoms with Crippen LogP contribution in [-0.2, 0) is 4.79 Å². The molecule has 5 nitrogen and oxygen atoms in total. The first-order valence-electron chi connectivity index (χ1n) is 4.91. The van der Waals surface area contributed by atoms with Gasteiger partial charge in [0.05, 0.1) is 0 Å². The monoisotopic (exact) mass is 198 g/mol. The molecule has 80 valence electrons. The van der Waals surface area contributed by atoms with E-state index in [9.17, 15) is 4.79 Å². The summed E-state index contributed by atoms with van der Waals surface area (Å²) in [6.45, 7) is 5.34. The van der Waals surface area contributed by atoms with E-state index >= 15 is 0 Å². The molecule has 5 heteroatoms. The van der Waals surface area contributed by atoms with Gasteiger partial charge in [-0.3, -0.25) is 9.79 Å². The molecule has 1 atom stereocenters. The van der Waals surface area contributed by atoms with Crippen LogP contribution in [0.25, 0.3) is 0 Å². The van der Waals surface area contributed by atoms with Gasteiger partial charge in [0.25, 0.3) is 0 Å². The molecule has 1 rings (SSSR count). The van der Waals surface area contributed by atoms with Crippen LogP contribution in [0.3, 0.4) is 0 Å². The molecule has 1 unspecified atom stereocenters. The number of guanidine groups is 1. The van der Waals surface area contributed by atoms with E-state index in [0.29, 0.717) is 30.9 Å². The minimum absolute atomic E-state index is 0.112. The summed E-state index contributed by atoms with van der Waals surface area (Å²) in [5.74, 6) is 0.870. The van der Waals surface area contributed by atoms with Gasteiger partial charge in [-0.15, -0.1) is 0 Å². The zero-order chi connectivity index (χ0) is 10.6. The highest BCUT2D eigenvalue weighted by atomic mass is 16.1. The molecule has 0 aromatic carbocycles. The van der Waals surface area contributed by atoms with Crippen molar-refractivity contribution in [1.29, 1.82) is 0 Å². The van der Waals surface area contributed by atoms with E-state index in [2.05, 4.69) is 15.6 Å². The summed E-state index contributed by atoms with van der Waals surface area (Å²) < 4.78 is 0.